The van der Waals surface area contributed by atoms with Gasteiger partial charge >= 0.3 is 0 Å². The Balaban J connectivity index is 1.74. The van der Waals surface area contributed by atoms with Gasteiger partial charge in [-0.2, -0.15) is 0 Å². The molecule has 4 rings (SSSR count). The Morgan fingerprint density at radius 3 is 2.69 bits per heavy atom. The van der Waals surface area contributed by atoms with Crippen LogP contribution in [0.1, 0.15) is 10.4 Å². The number of hydrogen-bond donors (Lipinski definition) is 1. The van der Waals surface area contributed by atoms with Crippen molar-refractivity contribution in [2.45, 2.75) is 0 Å². The van der Waals surface area contributed by atoms with Gasteiger partial charge in [0.1, 0.15) is 5.01 Å². The number of carbonyl (C=O) groups is 1. The van der Waals surface area contributed by atoms with Crippen LogP contribution in [0.2, 0.25) is 0 Å². The maximum absolute atomic E-state index is 12.7. The van der Waals surface area contributed by atoms with Crippen LogP contribution in [-0.4, -0.2) is 10.9 Å². The summed E-state index contributed by atoms with van der Waals surface area (Å²) in [6.07, 6.45) is 0. The molecule has 0 saturated heterocycles. The van der Waals surface area contributed by atoms with Crippen LogP contribution in [0, 0.1) is 3.57 Å². The molecule has 1 amide bonds. The van der Waals surface area contributed by atoms with E-state index < -0.39 is 0 Å². The van der Waals surface area contributed by atoms with Gasteiger partial charge in [-0.3, -0.25) is 4.79 Å². The summed E-state index contributed by atoms with van der Waals surface area (Å²) in [5.74, 6) is -0.144. The van der Waals surface area contributed by atoms with Crippen molar-refractivity contribution in [2.75, 3.05) is 5.32 Å². The molecule has 4 aromatic rings. The number of carbonyl (C=O) groups excluding carboxylic acids is 1. The average Bonchev–Trinajstić information content (AvgIpc) is 3.07. The van der Waals surface area contributed by atoms with E-state index in [4.69, 9.17) is 4.98 Å². The minimum Gasteiger partial charge on any atom is -0.321 e. The number of nitrogens with one attached hydrogen (secondary N) is 1. The van der Waals surface area contributed by atoms with Crippen LogP contribution in [-0.2, 0) is 0 Å². The van der Waals surface area contributed by atoms with Crippen molar-refractivity contribution in [1.82, 2.24) is 4.98 Å². The molecule has 1 aromatic heterocycles. The number of amides is 1. The van der Waals surface area contributed by atoms with E-state index in [1.807, 2.05) is 42.5 Å². The Labute approximate surface area is 176 Å². The largest absolute Gasteiger partial charge is 0.321 e. The molecule has 0 bridgehead atoms. The highest BCUT2D eigenvalue weighted by atomic mass is 127. The average molecular weight is 535 g/mol. The summed E-state index contributed by atoms with van der Waals surface area (Å²) in [5.41, 5.74) is 3.26. The zero-order valence-corrected chi connectivity index (χ0v) is 17.9. The second-order valence-corrected chi connectivity index (χ2v) is 8.83. The predicted molar refractivity (Wildman–Crippen MR) is 120 cm³/mol. The van der Waals surface area contributed by atoms with Crippen molar-refractivity contribution >= 4 is 71.7 Å². The standard InChI is InChI=1S/C20H12BrIN2OS/c21-13-5-3-4-12(10-13)19(25)23-16-9-8-14(22)11-15(16)20-24-17-6-1-2-7-18(17)26-20/h1-11H,(H,23,25). The predicted octanol–water partition coefficient (Wildman–Crippen LogP) is 6.58. The van der Waals surface area contributed by atoms with Gasteiger partial charge in [-0.25, -0.2) is 4.98 Å². The Kier molecular flexibility index (Phi) is 5.06. The molecular weight excluding hydrogens is 523 g/mol. The highest BCUT2D eigenvalue weighted by Gasteiger charge is 2.14. The molecule has 0 fully saturated rings. The lowest BCUT2D eigenvalue weighted by Crippen LogP contribution is -2.12. The number of thiazole rings is 1. The fourth-order valence-electron chi connectivity index (χ4n) is 2.61. The normalized spacial score (nSPS) is 10.8. The molecule has 128 valence electrons. The van der Waals surface area contributed by atoms with E-state index >= 15 is 0 Å². The highest BCUT2D eigenvalue weighted by molar-refractivity contribution is 14.1. The van der Waals surface area contributed by atoms with Gasteiger partial charge in [-0.1, -0.05) is 34.1 Å². The fraction of sp³-hybridized carbons (Fsp3) is 0. The summed E-state index contributed by atoms with van der Waals surface area (Å²) in [5, 5.41) is 3.93. The van der Waals surface area contributed by atoms with Gasteiger partial charge < -0.3 is 5.32 Å². The lowest BCUT2D eigenvalue weighted by molar-refractivity contribution is 0.102. The zero-order valence-electron chi connectivity index (χ0n) is 13.4. The lowest BCUT2D eigenvalue weighted by Gasteiger charge is -2.10. The molecule has 0 spiro atoms. The molecule has 0 aliphatic carbocycles. The van der Waals surface area contributed by atoms with Crippen LogP contribution in [0.5, 0.6) is 0 Å². The van der Waals surface area contributed by atoms with E-state index in [0.717, 1.165) is 34.5 Å². The van der Waals surface area contributed by atoms with E-state index in [9.17, 15) is 4.79 Å². The number of aromatic nitrogens is 1. The van der Waals surface area contributed by atoms with Crippen molar-refractivity contribution in [1.29, 1.82) is 0 Å². The van der Waals surface area contributed by atoms with Crippen molar-refractivity contribution in [3.63, 3.8) is 0 Å². The summed E-state index contributed by atoms with van der Waals surface area (Å²) in [4.78, 5) is 17.4. The Bertz CT molecular complexity index is 1090. The maximum Gasteiger partial charge on any atom is 0.255 e. The van der Waals surface area contributed by atoms with Crippen LogP contribution in [0.25, 0.3) is 20.8 Å². The van der Waals surface area contributed by atoms with Gasteiger partial charge in [0.25, 0.3) is 5.91 Å². The van der Waals surface area contributed by atoms with Crippen LogP contribution >= 0.6 is 49.9 Å². The first kappa shape index (κ1) is 17.6. The van der Waals surface area contributed by atoms with Crippen molar-refractivity contribution in [3.05, 3.63) is 80.3 Å². The quantitative estimate of drug-likeness (QED) is 0.301. The summed E-state index contributed by atoms with van der Waals surface area (Å²) < 4.78 is 3.10. The topological polar surface area (TPSA) is 42.0 Å². The minimum atomic E-state index is -0.144. The smallest absolute Gasteiger partial charge is 0.255 e. The number of benzene rings is 3. The van der Waals surface area contributed by atoms with Gasteiger partial charge in [-0.05, 0) is 71.1 Å². The number of anilines is 1. The second kappa shape index (κ2) is 7.46. The van der Waals surface area contributed by atoms with E-state index in [-0.39, 0.29) is 5.91 Å². The molecule has 0 aliphatic rings. The van der Waals surface area contributed by atoms with E-state index in [2.05, 4.69) is 56.0 Å². The molecule has 3 aromatic carbocycles. The molecule has 0 unspecified atom stereocenters. The maximum atomic E-state index is 12.7. The summed E-state index contributed by atoms with van der Waals surface area (Å²) in [7, 11) is 0. The molecule has 3 nitrogen and oxygen atoms in total. The first-order valence-corrected chi connectivity index (χ1v) is 10.5. The number of fused-ring (bicyclic) bond motifs is 1. The van der Waals surface area contributed by atoms with Gasteiger partial charge in [0, 0.05) is 19.2 Å². The van der Waals surface area contributed by atoms with Crippen LogP contribution < -0.4 is 5.32 Å². The molecule has 26 heavy (non-hydrogen) atoms. The Morgan fingerprint density at radius 2 is 1.88 bits per heavy atom. The van der Waals surface area contributed by atoms with Crippen LogP contribution in [0.3, 0.4) is 0 Å². The third-order valence-corrected chi connectivity index (χ3v) is 6.07. The number of nitrogens with zero attached hydrogens (tertiary/aromatic N) is 1. The second-order valence-electron chi connectivity index (χ2n) is 5.64. The Morgan fingerprint density at radius 1 is 1.04 bits per heavy atom. The van der Waals surface area contributed by atoms with E-state index in [0.29, 0.717) is 5.56 Å². The van der Waals surface area contributed by atoms with E-state index in [1.54, 1.807) is 23.5 Å². The Hall–Kier alpha value is -1.77. The summed E-state index contributed by atoms with van der Waals surface area (Å²) in [6.45, 7) is 0. The lowest BCUT2D eigenvalue weighted by atomic mass is 10.1. The molecule has 6 heteroatoms. The van der Waals surface area contributed by atoms with Gasteiger partial charge in [0.2, 0.25) is 0 Å². The molecule has 0 atom stereocenters. The van der Waals surface area contributed by atoms with Crippen LogP contribution in [0.15, 0.2) is 71.2 Å². The number of hydrogen-bond acceptors (Lipinski definition) is 3. The molecule has 1 N–H and O–H groups in total. The molecule has 0 aliphatic heterocycles. The van der Waals surface area contributed by atoms with Gasteiger partial charge in [0.05, 0.1) is 15.9 Å². The molecular formula is C20H12BrIN2OS. The highest BCUT2D eigenvalue weighted by Crippen LogP contribution is 2.35. The van der Waals surface area contributed by atoms with Crippen LogP contribution in [0.4, 0.5) is 5.69 Å². The van der Waals surface area contributed by atoms with Gasteiger partial charge in [0.15, 0.2) is 0 Å². The summed E-state index contributed by atoms with van der Waals surface area (Å²) in [6, 6.07) is 21.4. The number of para-hydroxylation sites is 1. The van der Waals surface area contributed by atoms with Crippen molar-refractivity contribution in [3.8, 4) is 10.6 Å². The van der Waals surface area contributed by atoms with Crippen molar-refractivity contribution < 1.29 is 4.79 Å². The zero-order chi connectivity index (χ0) is 18.1. The van der Waals surface area contributed by atoms with Crippen molar-refractivity contribution in [2.24, 2.45) is 0 Å². The van der Waals surface area contributed by atoms with E-state index in [1.165, 1.54) is 0 Å². The number of halogens is 2. The van der Waals surface area contributed by atoms with Gasteiger partial charge in [-0.15, -0.1) is 11.3 Å². The first-order chi connectivity index (χ1) is 12.6. The summed E-state index contributed by atoms with van der Waals surface area (Å²) >= 11 is 7.31. The fourth-order valence-corrected chi connectivity index (χ4v) is 4.50. The number of rotatable bonds is 3. The third kappa shape index (κ3) is 3.67. The SMILES string of the molecule is O=C(Nc1ccc(I)cc1-c1nc2ccccc2s1)c1cccc(Br)c1. The molecule has 0 saturated carbocycles. The first-order valence-electron chi connectivity index (χ1n) is 7.82. The minimum absolute atomic E-state index is 0.144. The third-order valence-electron chi connectivity index (χ3n) is 3.84. The monoisotopic (exact) mass is 534 g/mol. The molecule has 1 heterocycles. The molecule has 0 radical (unpaired) electrons.